The average Bonchev–Trinajstić information content (AvgIpc) is 3.50. The Morgan fingerprint density at radius 1 is 0.682 bits per heavy atom. The van der Waals surface area contributed by atoms with Crippen LogP contribution in [-0.2, 0) is 0 Å². The molecule has 218 valence electrons. The van der Waals surface area contributed by atoms with Crippen molar-refractivity contribution < 1.29 is 18.3 Å². The molecule has 0 N–H and O–H groups in total. The number of aromatic nitrogens is 4. The van der Waals surface area contributed by atoms with E-state index in [1.807, 2.05) is 68.4 Å². The molecule has 0 radical (unpaired) electrons. The standard InChI is InChI=1S/C36H28F2N4O2/c1-21-16-24(42-23(3)35(22(2)40-42)36-30(37)9-7-10-31(36)38)18-27(17-21)44-26-12-13-29-28-8-5-6-11-32(28)41(33(29)19-26)34-20-25(43-4)14-15-39-34/h5-20H,1-4H3. The Labute approximate surface area is 252 Å². The van der Waals surface area contributed by atoms with Crippen molar-refractivity contribution in [3.63, 3.8) is 0 Å². The lowest BCUT2D eigenvalue weighted by Gasteiger charge is -2.12. The van der Waals surface area contributed by atoms with Gasteiger partial charge in [0.2, 0.25) is 0 Å². The van der Waals surface area contributed by atoms with E-state index in [1.54, 1.807) is 24.9 Å². The van der Waals surface area contributed by atoms with Crippen molar-refractivity contribution in [2.45, 2.75) is 20.8 Å². The fourth-order valence-electron chi connectivity index (χ4n) is 5.95. The van der Waals surface area contributed by atoms with Gasteiger partial charge < -0.3 is 9.47 Å². The van der Waals surface area contributed by atoms with Gasteiger partial charge in [-0.25, -0.2) is 18.4 Å². The fraction of sp³-hybridized carbons (Fsp3) is 0.111. The molecule has 3 aromatic heterocycles. The molecule has 0 unspecified atom stereocenters. The van der Waals surface area contributed by atoms with Crippen LogP contribution in [0, 0.1) is 32.4 Å². The number of pyridine rings is 1. The van der Waals surface area contributed by atoms with Crippen LogP contribution in [0.25, 0.3) is 44.4 Å². The van der Waals surface area contributed by atoms with Crippen LogP contribution < -0.4 is 9.47 Å². The van der Waals surface area contributed by atoms with Gasteiger partial charge >= 0.3 is 0 Å². The van der Waals surface area contributed by atoms with E-state index in [-0.39, 0.29) is 5.56 Å². The smallest absolute Gasteiger partial charge is 0.141 e. The van der Waals surface area contributed by atoms with E-state index in [0.29, 0.717) is 34.2 Å². The molecule has 7 rings (SSSR count). The predicted octanol–water partition coefficient (Wildman–Crippen LogP) is 9.04. The molecule has 3 heterocycles. The van der Waals surface area contributed by atoms with Crippen LogP contribution in [0.1, 0.15) is 17.0 Å². The average molecular weight is 587 g/mol. The van der Waals surface area contributed by atoms with Crippen molar-refractivity contribution in [1.29, 1.82) is 0 Å². The summed E-state index contributed by atoms with van der Waals surface area (Å²) in [6, 6.07) is 27.6. The lowest BCUT2D eigenvalue weighted by atomic mass is 10.0. The zero-order chi connectivity index (χ0) is 30.5. The number of para-hydroxylation sites is 1. The molecule has 0 saturated carbocycles. The molecular weight excluding hydrogens is 558 g/mol. The van der Waals surface area contributed by atoms with Crippen LogP contribution >= 0.6 is 0 Å². The number of ether oxygens (including phenoxy) is 2. The van der Waals surface area contributed by atoms with Gasteiger partial charge in [-0.05, 0) is 74.9 Å². The van der Waals surface area contributed by atoms with Gasteiger partial charge in [0.1, 0.15) is 34.7 Å². The van der Waals surface area contributed by atoms with Crippen LogP contribution in [0.3, 0.4) is 0 Å². The normalized spacial score (nSPS) is 11.4. The first-order valence-electron chi connectivity index (χ1n) is 14.2. The van der Waals surface area contributed by atoms with E-state index in [9.17, 15) is 8.78 Å². The van der Waals surface area contributed by atoms with Crippen molar-refractivity contribution in [2.75, 3.05) is 7.11 Å². The van der Waals surface area contributed by atoms with Crippen LogP contribution in [0.5, 0.6) is 17.2 Å². The van der Waals surface area contributed by atoms with Gasteiger partial charge in [-0.3, -0.25) is 4.57 Å². The Kier molecular flexibility index (Phi) is 6.62. The Hall–Kier alpha value is -5.50. The molecule has 0 saturated heterocycles. The monoisotopic (exact) mass is 586 g/mol. The lowest BCUT2D eigenvalue weighted by Crippen LogP contribution is -2.01. The molecule has 0 aliphatic heterocycles. The van der Waals surface area contributed by atoms with Gasteiger partial charge in [0, 0.05) is 46.4 Å². The highest BCUT2D eigenvalue weighted by Gasteiger charge is 2.21. The summed E-state index contributed by atoms with van der Waals surface area (Å²) >= 11 is 0. The van der Waals surface area contributed by atoms with Crippen LogP contribution in [0.2, 0.25) is 0 Å². The maximum absolute atomic E-state index is 14.7. The zero-order valence-electron chi connectivity index (χ0n) is 24.6. The minimum absolute atomic E-state index is 0.0768. The first-order chi connectivity index (χ1) is 21.3. The topological polar surface area (TPSA) is 54.1 Å². The van der Waals surface area contributed by atoms with Gasteiger partial charge in [0.15, 0.2) is 0 Å². The molecule has 6 nitrogen and oxygen atoms in total. The first-order valence-corrected chi connectivity index (χ1v) is 14.2. The Morgan fingerprint density at radius 3 is 2.25 bits per heavy atom. The maximum atomic E-state index is 14.7. The quantitative estimate of drug-likeness (QED) is 0.195. The number of methoxy groups -OCH3 is 1. The summed E-state index contributed by atoms with van der Waals surface area (Å²) < 4.78 is 45.2. The van der Waals surface area contributed by atoms with Crippen molar-refractivity contribution in [3.8, 4) is 39.9 Å². The second-order valence-electron chi connectivity index (χ2n) is 10.7. The molecule has 0 amide bonds. The number of fused-ring (bicyclic) bond motifs is 3. The summed E-state index contributed by atoms with van der Waals surface area (Å²) in [6.45, 7) is 5.53. The Bertz CT molecular complexity index is 2200. The molecule has 0 aliphatic rings. The molecule has 4 aromatic carbocycles. The second-order valence-corrected chi connectivity index (χ2v) is 10.7. The molecule has 0 bridgehead atoms. The SMILES string of the molecule is COc1ccnc(-n2c3ccccc3c3ccc(Oc4cc(C)cc(-n5nc(C)c(-c6c(F)cccc6F)c5C)c4)cc32)c1. The molecule has 44 heavy (non-hydrogen) atoms. The number of nitrogens with zero attached hydrogens (tertiary/aromatic N) is 4. The van der Waals surface area contributed by atoms with Crippen LogP contribution in [0.15, 0.2) is 97.2 Å². The number of halogens is 2. The molecule has 0 atom stereocenters. The van der Waals surface area contributed by atoms with Gasteiger partial charge in [-0.15, -0.1) is 0 Å². The number of hydrogen-bond donors (Lipinski definition) is 0. The maximum Gasteiger partial charge on any atom is 0.141 e. The first kappa shape index (κ1) is 27.3. The highest BCUT2D eigenvalue weighted by Crippen LogP contribution is 2.37. The predicted molar refractivity (Wildman–Crippen MR) is 168 cm³/mol. The molecule has 0 spiro atoms. The minimum atomic E-state index is -0.624. The summed E-state index contributed by atoms with van der Waals surface area (Å²) in [5.41, 5.74) is 5.14. The third-order valence-corrected chi connectivity index (χ3v) is 7.85. The van der Waals surface area contributed by atoms with Gasteiger partial charge in [-0.1, -0.05) is 24.3 Å². The molecule has 8 heteroatoms. The minimum Gasteiger partial charge on any atom is -0.497 e. The molecule has 0 aliphatic carbocycles. The summed E-state index contributed by atoms with van der Waals surface area (Å²) in [6.07, 6.45) is 1.73. The number of aryl methyl sites for hydroxylation is 2. The second kappa shape index (κ2) is 10.6. The molecular formula is C36H28F2N4O2. The molecule has 7 aromatic rings. The van der Waals surface area contributed by atoms with Crippen LogP contribution in [0.4, 0.5) is 8.78 Å². The highest BCUT2D eigenvalue weighted by molar-refractivity contribution is 6.09. The van der Waals surface area contributed by atoms with Crippen LogP contribution in [-0.4, -0.2) is 26.4 Å². The van der Waals surface area contributed by atoms with Crippen molar-refractivity contribution >= 4 is 21.8 Å². The third kappa shape index (κ3) is 4.55. The van der Waals surface area contributed by atoms with Gasteiger partial charge in [0.05, 0.1) is 35.1 Å². The molecule has 0 fully saturated rings. The Morgan fingerprint density at radius 2 is 1.45 bits per heavy atom. The zero-order valence-corrected chi connectivity index (χ0v) is 24.6. The largest absolute Gasteiger partial charge is 0.497 e. The fourth-order valence-corrected chi connectivity index (χ4v) is 5.95. The third-order valence-electron chi connectivity index (χ3n) is 7.85. The van der Waals surface area contributed by atoms with E-state index in [4.69, 9.17) is 9.47 Å². The van der Waals surface area contributed by atoms with Gasteiger partial charge in [-0.2, -0.15) is 5.10 Å². The van der Waals surface area contributed by atoms with Crippen molar-refractivity contribution in [2.24, 2.45) is 0 Å². The van der Waals surface area contributed by atoms with Crippen molar-refractivity contribution in [3.05, 3.63) is 126 Å². The number of rotatable bonds is 6. The highest BCUT2D eigenvalue weighted by atomic mass is 19.1. The van der Waals surface area contributed by atoms with E-state index in [0.717, 1.165) is 38.9 Å². The lowest BCUT2D eigenvalue weighted by molar-refractivity contribution is 0.414. The van der Waals surface area contributed by atoms with E-state index in [1.165, 1.54) is 18.2 Å². The summed E-state index contributed by atoms with van der Waals surface area (Å²) in [4.78, 5) is 4.64. The summed E-state index contributed by atoms with van der Waals surface area (Å²) in [5, 5.41) is 6.83. The Balaban J connectivity index is 1.31. The number of benzene rings is 4. The van der Waals surface area contributed by atoms with E-state index < -0.39 is 11.6 Å². The van der Waals surface area contributed by atoms with E-state index >= 15 is 0 Å². The van der Waals surface area contributed by atoms with Gasteiger partial charge in [0.25, 0.3) is 0 Å². The summed E-state index contributed by atoms with van der Waals surface area (Å²) in [5.74, 6) is 1.45. The van der Waals surface area contributed by atoms with Crippen molar-refractivity contribution in [1.82, 2.24) is 19.3 Å². The van der Waals surface area contributed by atoms with E-state index in [2.05, 4.69) is 32.8 Å². The number of hydrogen-bond acceptors (Lipinski definition) is 4. The summed E-state index contributed by atoms with van der Waals surface area (Å²) in [7, 11) is 1.64.